The van der Waals surface area contributed by atoms with Crippen LogP contribution >= 0.6 is 0 Å². The third-order valence-electron chi connectivity index (χ3n) is 3.76. The van der Waals surface area contributed by atoms with Gasteiger partial charge in [-0.15, -0.1) is 0 Å². The van der Waals surface area contributed by atoms with Crippen molar-refractivity contribution in [2.24, 2.45) is 5.92 Å². The average Bonchev–Trinajstić information content (AvgIpc) is 2.56. The number of non-ortho nitro benzene ring substituents is 1. The number of hydrogen-bond acceptors (Lipinski definition) is 3. The van der Waals surface area contributed by atoms with Gasteiger partial charge in [-0.25, -0.2) is 0 Å². The molecule has 0 bridgehead atoms. The van der Waals surface area contributed by atoms with Gasteiger partial charge in [0.25, 0.3) is 5.69 Å². The Morgan fingerprint density at radius 1 is 1.17 bits per heavy atom. The van der Waals surface area contributed by atoms with Gasteiger partial charge in [0.05, 0.1) is 11.0 Å². The molecule has 0 spiro atoms. The van der Waals surface area contributed by atoms with E-state index >= 15 is 0 Å². The summed E-state index contributed by atoms with van der Waals surface area (Å²) in [6.07, 6.45) is 6.03. The molecule has 2 atom stereocenters. The first-order chi connectivity index (χ1) is 8.66. The summed E-state index contributed by atoms with van der Waals surface area (Å²) in [4.78, 5) is 10.2. The largest absolute Gasteiger partial charge is 0.393 e. The minimum Gasteiger partial charge on any atom is -0.393 e. The molecule has 18 heavy (non-hydrogen) atoms. The monoisotopic (exact) mass is 249 g/mol. The highest BCUT2D eigenvalue weighted by atomic mass is 16.6. The molecule has 4 nitrogen and oxygen atoms in total. The zero-order chi connectivity index (χ0) is 13.0. The minimum atomic E-state index is -0.385. The Hall–Kier alpha value is -1.42. The maximum Gasteiger partial charge on any atom is 0.269 e. The smallest absolute Gasteiger partial charge is 0.269 e. The van der Waals surface area contributed by atoms with Crippen LogP contribution in [0.1, 0.15) is 37.7 Å². The Morgan fingerprint density at radius 3 is 2.50 bits per heavy atom. The lowest BCUT2D eigenvalue weighted by atomic mass is 9.90. The molecule has 0 heterocycles. The Kier molecular flexibility index (Phi) is 4.31. The van der Waals surface area contributed by atoms with E-state index in [4.69, 9.17) is 0 Å². The van der Waals surface area contributed by atoms with Crippen LogP contribution in [0.3, 0.4) is 0 Å². The molecule has 1 aromatic rings. The van der Waals surface area contributed by atoms with Crippen LogP contribution < -0.4 is 0 Å². The van der Waals surface area contributed by atoms with Crippen molar-refractivity contribution in [1.29, 1.82) is 0 Å². The maximum absolute atomic E-state index is 10.6. The van der Waals surface area contributed by atoms with Crippen LogP contribution in [-0.4, -0.2) is 16.1 Å². The molecular formula is C14H19NO3. The molecule has 0 aromatic heterocycles. The summed E-state index contributed by atoms with van der Waals surface area (Å²) in [5.41, 5.74) is 1.20. The number of aliphatic hydroxyl groups is 1. The van der Waals surface area contributed by atoms with E-state index in [9.17, 15) is 15.2 Å². The van der Waals surface area contributed by atoms with Crippen molar-refractivity contribution in [2.45, 2.75) is 44.6 Å². The summed E-state index contributed by atoms with van der Waals surface area (Å²) in [6.45, 7) is 0. The summed E-state index contributed by atoms with van der Waals surface area (Å²) in [7, 11) is 0. The third kappa shape index (κ3) is 3.29. The summed E-state index contributed by atoms with van der Waals surface area (Å²) in [5.74, 6) is 0.300. The van der Waals surface area contributed by atoms with Crippen molar-refractivity contribution in [3.8, 4) is 0 Å². The standard InChI is InChI=1S/C14H19NO3/c16-14-5-3-1-2-4-12(14)10-11-6-8-13(9-7-11)15(17)18/h6-9,12,14,16H,1-5,10H2. The van der Waals surface area contributed by atoms with E-state index in [1.165, 1.54) is 12.8 Å². The molecule has 1 fully saturated rings. The number of nitrogens with zero attached hydrogens (tertiary/aromatic N) is 1. The lowest BCUT2D eigenvalue weighted by molar-refractivity contribution is -0.384. The van der Waals surface area contributed by atoms with Crippen molar-refractivity contribution in [2.75, 3.05) is 0 Å². The fourth-order valence-corrected chi connectivity index (χ4v) is 2.66. The number of hydrogen-bond donors (Lipinski definition) is 1. The summed E-state index contributed by atoms with van der Waals surface area (Å²) >= 11 is 0. The highest BCUT2D eigenvalue weighted by molar-refractivity contribution is 5.33. The fourth-order valence-electron chi connectivity index (χ4n) is 2.66. The van der Waals surface area contributed by atoms with E-state index in [0.717, 1.165) is 31.2 Å². The lowest BCUT2D eigenvalue weighted by Gasteiger charge is -2.20. The molecule has 1 aliphatic carbocycles. The molecule has 98 valence electrons. The molecule has 4 heteroatoms. The van der Waals surface area contributed by atoms with Gasteiger partial charge in [-0.3, -0.25) is 10.1 Å². The summed E-state index contributed by atoms with van der Waals surface area (Å²) in [6, 6.07) is 6.68. The van der Waals surface area contributed by atoms with Crippen molar-refractivity contribution in [3.05, 3.63) is 39.9 Å². The number of nitro groups is 1. The normalized spacial score (nSPS) is 24.5. The van der Waals surface area contributed by atoms with Gasteiger partial charge in [0, 0.05) is 12.1 Å². The number of aliphatic hydroxyl groups excluding tert-OH is 1. The molecule has 0 radical (unpaired) electrons. The van der Waals surface area contributed by atoms with Gasteiger partial charge in [-0.1, -0.05) is 31.4 Å². The number of benzene rings is 1. The Labute approximate surface area is 107 Å². The second-order valence-electron chi connectivity index (χ2n) is 5.09. The Balaban J connectivity index is 2.01. The highest BCUT2D eigenvalue weighted by Gasteiger charge is 2.21. The molecule has 0 amide bonds. The Bertz CT molecular complexity index is 402. The van der Waals surface area contributed by atoms with Gasteiger partial charge in [-0.2, -0.15) is 0 Å². The molecule has 0 saturated heterocycles. The van der Waals surface area contributed by atoms with Gasteiger partial charge in [0.15, 0.2) is 0 Å². The van der Waals surface area contributed by atoms with Crippen LogP contribution in [0.15, 0.2) is 24.3 Å². The van der Waals surface area contributed by atoms with Gasteiger partial charge >= 0.3 is 0 Å². The van der Waals surface area contributed by atoms with Crippen LogP contribution in [0.4, 0.5) is 5.69 Å². The van der Waals surface area contributed by atoms with Crippen LogP contribution in [0, 0.1) is 16.0 Å². The molecular weight excluding hydrogens is 230 g/mol. The van der Waals surface area contributed by atoms with Crippen LogP contribution in [0.5, 0.6) is 0 Å². The molecule has 1 N–H and O–H groups in total. The second-order valence-corrected chi connectivity index (χ2v) is 5.09. The summed E-state index contributed by atoms with van der Waals surface area (Å²) in [5, 5.41) is 20.6. The molecule has 2 rings (SSSR count). The predicted molar refractivity (Wildman–Crippen MR) is 69.4 cm³/mol. The van der Waals surface area contributed by atoms with Crippen molar-refractivity contribution in [3.63, 3.8) is 0 Å². The summed E-state index contributed by atoms with van der Waals surface area (Å²) < 4.78 is 0. The average molecular weight is 249 g/mol. The molecule has 0 aliphatic heterocycles. The van der Waals surface area contributed by atoms with Crippen molar-refractivity contribution < 1.29 is 10.0 Å². The van der Waals surface area contributed by atoms with Gasteiger partial charge in [0.1, 0.15) is 0 Å². The topological polar surface area (TPSA) is 63.4 Å². The SMILES string of the molecule is O=[N+]([O-])c1ccc(CC2CCCCCC2O)cc1. The molecule has 2 unspecified atom stereocenters. The fraction of sp³-hybridized carbons (Fsp3) is 0.571. The highest BCUT2D eigenvalue weighted by Crippen LogP contribution is 2.27. The van der Waals surface area contributed by atoms with E-state index in [1.807, 2.05) is 0 Å². The first kappa shape index (κ1) is 13.0. The van der Waals surface area contributed by atoms with Crippen molar-refractivity contribution in [1.82, 2.24) is 0 Å². The quantitative estimate of drug-likeness (QED) is 0.508. The van der Waals surface area contributed by atoms with E-state index in [1.54, 1.807) is 24.3 Å². The molecule has 1 saturated carbocycles. The van der Waals surface area contributed by atoms with Crippen molar-refractivity contribution >= 4 is 5.69 Å². The second kappa shape index (κ2) is 5.96. The molecule has 1 aliphatic rings. The van der Waals surface area contributed by atoms with Gasteiger partial charge in [0.2, 0.25) is 0 Å². The van der Waals surface area contributed by atoms with E-state index in [0.29, 0.717) is 5.92 Å². The zero-order valence-electron chi connectivity index (χ0n) is 10.4. The number of rotatable bonds is 3. The van der Waals surface area contributed by atoms with Gasteiger partial charge in [-0.05, 0) is 30.7 Å². The lowest BCUT2D eigenvalue weighted by Crippen LogP contribution is -2.20. The third-order valence-corrected chi connectivity index (χ3v) is 3.76. The Morgan fingerprint density at radius 2 is 1.83 bits per heavy atom. The predicted octanol–water partition coefficient (Wildman–Crippen LogP) is 3.08. The van der Waals surface area contributed by atoms with Gasteiger partial charge < -0.3 is 5.11 Å². The van der Waals surface area contributed by atoms with E-state index in [-0.39, 0.29) is 16.7 Å². The first-order valence-corrected chi connectivity index (χ1v) is 6.58. The number of nitro benzene ring substituents is 1. The van der Waals surface area contributed by atoms with Crippen LogP contribution in [-0.2, 0) is 6.42 Å². The maximum atomic E-state index is 10.6. The molecule has 1 aromatic carbocycles. The zero-order valence-corrected chi connectivity index (χ0v) is 10.4. The first-order valence-electron chi connectivity index (χ1n) is 6.58. The van der Waals surface area contributed by atoms with Crippen LogP contribution in [0.25, 0.3) is 0 Å². The van der Waals surface area contributed by atoms with E-state index in [2.05, 4.69) is 0 Å². The van der Waals surface area contributed by atoms with Crippen LogP contribution in [0.2, 0.25) is 0 Å². The van der Waals surface area contributed by atoms with E-state index < -0.39 is 0 Å². The minimum absolute atomic E-state index is 0.125.